The molecule has 4 heteroatoms. The van der Waals surface area contributed by atoms with E-state index in [2.05, 4.69) is 33.9 Å². The molecule has 32 heavy (non-hydrogen) atoms. The summed E-state index contributed by atoms with van der Waals surface area (Å²) in [6.07, 6.45) is 18.8. The maximum absolute atomic E-state index is 4.93. The summed E-state index contributed by atoms with van der Waals surface area (Å²) in [5.74, 6) is 7.43. The first-order valence-corrected chi connectivity index (χ1v) is 22.8. The van der Waals surface area contributed by atoms with E-state index in [-0.39, 0.29) is 14.9 Å². The molecule has 0 aromatic heterocycles. The van der Waals surface area contributed by atoms with Crippen molar-refractivity contribution >= 4 is 25.1 Å². The molecule has 0 N–H and O–H groups in total. The summed E-state index contributed by atoms with van der Waals surface area (Å²) < 4.78 is 0. The van der Waals surface area contributed by atoms with Gasteiger partial charge in [-0.3, -0.25) is 0 Å². The van der Waals surface area contributed by atoms with E-state index in [1.54, 1.807) is 64.2 Å². The third-order valence-electron chi connectivity index (χ3n) is 10.3. The molecule has 0 saturated heterocycles. The van der Waals surface area contributed by atoms with Gasteiger partial charge in [0.1, 0.15) is 0 Å². The standard InChI is InChI=1S/C26H48Si.2CH3.2ClH.Zr/c1-18(2)16-19(3)24-17-26(23-13-9-8-12-22(23)24)27(4,5)25-15-14-20-10-6-7-11-21(20)25;;;;;/h18-26H,6-17H2,1-5H3;2*1H3;2*1H;/q;2*-1;;;+4/p-2. The average molecular weight is 581 g/mol. The van der Waals surface area contributed by atoms with Gasteiger partial charge in [0.25, 0.3) is 0 Å². The number of fused-ring (bicyclic) bond motifs is 2. The molecule has 0 nitrogen and oxygen atoms in total. The Balaban J connectivity index is 0.000000971. The van der Waals surface area contributed by atoms with Crippen LogP contribution >= 0.6 is 17.0 Å². The van der Waals surface area contributed by atoms with Crippen molar-refractivity contribution in [2.24, 2.45) is 41.4 Å². The molecule has 0 aromatic carbocycles. The van der Waals surface area contributed by atoms with Crippen LogP contribution in [0.3, 0.4) is 0 Å². The number of rotatable bonds is 5. The third kappa shape index (κ3) is 7.13. The molecule has 0 aliphatic heterocycles. The van der Waals surface area contributed by atoms with Gasteiger partial charge in [-0.15, -0.1) is 0 Å². The molecule has 0 amide bonds. The molecule has 4 saturated carbocycles. The molecule has 0 aromatic rings. The summed E-state index contributed by atoms with van der Waals surface area (Å²) in [6.45, 7) is 13.3. The summed E-state index contributed by atoms with van der Waals surface area (Å²) in [5, 5.41) is 0. The second-order valence-electron chi connectivity index (χ2n) is 12.5. The Morgan fingerprint density at radius 3 is 1.88 bits per heavy atom. The van der Waals surface area contributed by atoms with E-state index in [9.17, 15) is 0 Å². The van der Waals surface area contributed by atoms with Gasteiger partial charge in [-0.25, -0.2) is 0 Å². The molecular formula is C28H54Cl2SiZr. The first-order valence-electron chi connectivity index (χ1n) is 13.3. The zero-order valence-electron chi connectivity index (χ0n) is 22.4. The van der Waals surface area contributed by atoms with Crippen molar-refractivity contribution in [3.8, 4) is 0 Å². The molecule has 8 atom stereocenters. The molecule has 188 valence electrons. The molecule has 8 unspecified atom stereocenters. The minimum atomic E-state index is -1.18. The Morgan fingerprint density at radius 2 is 1.28 bits per heavy atom. The van der Waals surface area contributed by atoms with Gasteiger partial charge in [0.15, 0.2) is 0 Å². The van der Waals surface area contributed by atoms with Gasteiger partial charge in [0, 0.05) is 0 Å². The van der Waals surface area contributed by atoms with Crippen molar-refractivity contribution in [2.45, 2.75) is 122 Å². The van der Waals surface area contributed by atoms with Crippen LogP contribution in [0, 0.1) is 56.3 Å². The molecular weight excluding hydrogens is 527 g/mol. The summed E-state index contributed by atoms with van der Waals surface area (Å²) in [5.41, 5.74) is 2.34. The summed E-state index contributed by atoms with van der Waals surface area (Å²) >= 11 is -0.826. The Morgan fingerprint density at radius 1 is 0.750 bits per heavy atom. The van der Waals surface area contributed by atoms with E-state index in [0.717, 1.165) is 47.0 Å². The topological polar surface area (TPSA) is 0 Å². The monoisotopic (exact) mass is 578 g/mol. The van der Waals surface area contributed by atoms with Crippen LogP contribution in [0.4, 0.5) is 0 Å². The fourth-order valence-electron chi connectivity index (χ4n) is 9.22. The zero-order chi connectivity index (χ0) is 21.9. The van der Waals surface area contributed by atoms with Crippen LogP contribution in [-0.2, 0) is 20.8 Å². The molecule has 0 heterocycles. The maximum atomic E-state index is 4.93. The quantitative estimate of drug-likeness (QED) is 0.224. The van der Waals surface area contributed by atoms with Gasteiger partial charge in [0.2, 0.25) is 0 Å². The molecule has 4 fully saturated rings. The normalized spacial score (nSPS) is 37.1. The van der Waals surface area contributed by atoms with Crippen molar-refractivity contribution in [3.63, 3.8) is 0 Å². The Bertz CT molecular complexity index is 526. The molecule has 0 spiro atoms. The van der Waals surface area contributed by atoms with Crippen molar-refractivity contribution in [1.29, 1.82) is 0 Å². The van der Waals surface area contributed by atoms with Crippen LogP contribution in [0.25, 0.3) is 0 Å². The Kier molecular flexibility index (Phi) is 14.3. The molecule has 4 aliphatic carbocycles. The SMILES string of the molecule is CC(C)CC(C)C1CC([Si](C)(C)C2CCC3CCCCC32)C2CCCCC12.[CH3-].[CH3-].[Cl][Zr+2][Cl]. The summed E-state index contributed by atoms with van der Waals surface area (Å²) in [4.78, 5) is 0. The van der Waals surface area contributed by atoms with Gasteiger partial charge in [-0.1, -0.05) is 91.7 Å². The van der Waals surface area contributed by atoms with Crippen LogP contribution in [0.1, 0.15) is 97.8 Å². The number of hydrogen-bond acceptors (Lipinski definition) is 0. The molecule has 0 radical (unpaired) electrons. The second kappa shape index (κ2) is 14.4. The van der Waals surface area contributed by atoms with Crippen LogP contribution in [0.2, 0.25) is 24.2 Å². The predicted octanol–water partition coefficient (Wildman–Crippen LogP) is 10.8. The molecule has 4 aliphatic rings. The first-order chi connectivity index (χ1) is 14.3. The summed E-state index contributed by atoms with van der Waals surface area (Å²) in [7, 11) is 8.69. The van der Waals surface area contributed by atoms with Gasteiger partial charge >= 0.3 is 37.9 Å². The Labute approximate surface area is 222 Å². The van der Waals surface area contributed by atoms with Gasteiger partial charge in [-0.2, -0.15) is 0 Å². The van der Waals surface area contributed by atoms with Crippen molar-refractivity contribution in [3.05, 3.63) is 14.9 Å². The number of hydrogen-bond donors (Lipinski definition) is 0. The Hall–Kier alpha value is 1.68. The van der Waals surface area contributed by atoms with Gasteiger partial charge in [-0.05, 0) is 71.8 Å². The third-order valence-corrected chi connectivity index (χ3v) is 15.5. The average Bonchev–Trinajstić information content (AvgIpc) is 3.31. The van der Waals surface area contributed by atoms with E-state index in [0.29, 0.717) is 0 Å². The van der Waals surface area contributed by atoms with E-state index in [1.807, 2.05) is 0 Å². The van der Waals surface area contributed by atoms with E-state index < -0.39 is 28.9 Å². The molecule has 4 rings (SSSR count). The van der Waals surface area contributed by atoms with Crippen LogP contribution in [0.5, 0.6) is 0 Å². The van der Waals surface area contributed by atoms with Crippen molar-refractivity contribution < 1.29 is 20.8 Å². The second-order valence-corrected chi connectivity index (χ2v) is 21.4. The van der Waals surface area contributed by atoms with Gasteiger partial charge < -0.3 is 14.9 Å². The zero-order valence-corrected chi connectivity index (χ0v) is 27.4. The molecule has 0 bridgehead atoms. The predicted molar refractivity (Wildman–Crippen MR) is 146 cm³/mol. The fourth-order valence-corrected chi connectivity index (χ4v) is 14.6. The van der Waals surface area contributed by atoms with Crippen molar-refractivity contribution in [2.75, 3.05) is 0 Å². The minimum absolute atomic E-state index is 0. The summed E-state index contributed by atoms with van der Waals surface area (Å²) in [6, 6.07) is 0. The van der Waals surface area contributed by atoms with E-state index in [4.69, 9.17) is 17.0 Å². The van der Waals surface area contributed by atoms with Gasteiger partial charge in [0.05, 0.1) is 8.07 Å². The number of halogens is 2. The van der Waals surface area contributed by atoms with Crippen LogP contribution in [0.15, 0.2) is 0 Å². The van der Waals surface area contributed by atoms with Crippen LogP contribution in [-0.4, -0.2) is 8.07 Å². The van der Waals surface area contributed by atoms with Crippen molar-refractivity contribution in [1.82, 2.24) is 0 Å². The van der Waals surface area contributed by atoms with E-state index >= 15 is 0 Å². The van der Waals surface area contributed by atoms with Crippen LogP contribution < -0.4 is 0 Å². The first kappa shape index (κ1) is 31.7. The fraction of sp³-hybridized carbons (Fsp3) is 0.929. The van der Waals surface area contributed by atoms with E-state index in [1.165, 1.54) is 18.4 Å².